The van der Waals surface area contributed by atoms with Crippen molar-refractivity contribution in [2.45, 2.75) is 19.6 Å². The highest BCUT2D eigenvalue weighted by molar-refractivity contribution is 5.77. The fourth-order valence-electron chi connectivity index (χ4n) is 2.63. The maximum absolute atomic E-state index is 12.6. The van der Waals surface area contributed by atoms with Crippen LogP contribution in [0.5, 0.6) is 0 Å². The van der Waals surface area contributed by atoms with E-state index in [1.807, 2.05) is 30.3 Å². The number of carbonyl (C=O) groups excluding carboxylic acids is 1. The van der Waals surface area contributed by atoms with Gasteiger partial charge in [-0.15, -0.1) is 0 Å². The highest BCUT2D eigenvalue weighted by atomic mass is 19.4. The molecule has 130 valence electrons. The summed E-state index contributed by atoms with van der Waals surface area (Å²) in [5.74, 6) is 0.459. The molecule has 3 rings (SSSR count). The molecule has 1 fully saturated rings. The predicted molar refractivity (Wildman–Crippen MR) is 87.4 cm³/mol. The predicted octanol–water partition coefficient (Wildman–Crippen LogP) is 5.09. The third-order valence-electron chi connectivity index (χ3n) is 4.08. The molecule has 1 aliphatic rings. The van der Waals surface area contributed by atoms with Crippen molar-refractivity contribution >= 4 is 11.7 Å². The topological polar surface area (TPSA) is 29.5 Å². The highest BCUT2D eigenvalue weighted by Crippen LogP contribution is 2.31. The van der Waals surface area contributed by atoms with Gasteiger partial charge in [0.25, 0.3) is 0 Å². The second-order valence-corrected chi connectivity index (χ2v) is 5.83. The van der Waals surface area contributed by atoms with E-state index >= 15 is 0 Å². The number of amides is 1. The Morgan fingerprint density at radius 1 is 1.08 bits per heavy atom. The molecule has 1 heterocycles. The molecule has 1 saturated heterocycles. The van der Waals surface area contributed by atoms with E-state index in [-0.39, 0.29) is 0 Å². The van der Waals surface area contributed by atoms with Crippen molar-refractivity contribution in [3.63, 3.8) is 0 Å². The molecule has 0 bridgehead atoms. The van der Waals surface area contributed by atoms with Crippen LogP contribution in [-0.2, 0) is 17.5 Å². The first-order chi connectivity index (χ1) is 11.8. The number of alkyl halides is 3. The molecular weight excluding hydrogens is 331 g/mol. The Morgan fingerprint density at radius 3 is 2.32 bits per heavy atom. The number of hydrogen-bond acceptors (Lipinski definition) is 2. The molecule has 1 amide bonds. The quantitative estimate of drug-likeness (QED) is 0.774. The minimum Gasteiger partial charge on any atom is -0.412 e. The van der Waals surface area contributed by atoms with Crippen molar-refractivity contribution in [2.75, 3.05) is 6.54 Å². The summed E-state index contributed by atoms with van der Waals surface area (Å²) in [6.45, 7) is 2.45. The smallest absolute Gasteiger partial charge is 0.412 e. The zero-order valence-corrected chi connectivity index (χ0v) is 13.5. The molecule has 6 heteroatoms. The van der Waals surface area contributed by atoms with Gasteiger partial charge in [-0.1, -0.05) is 42.5 Å². The van der Waals surface area contributed by atoms with Crippen molar-refractivity contribution in [2.24, 2.45) is 0 Å². The molecule has 0 radical (unpaired) electrons. The minimum absolute atomic E-state index is 0.292. The average Bonchev–Trinajstić information content (AvgIpc) is 2.95. The van der Waals surface area contributed by atoms with E-state index in [1.54, 1.807) is 11.8 Å². The van der Waals surface area contributed by atoms with Gasteiger partial charge >= 0.3 is 12.3 Å². The van der Waals surface area contributed by atoms with Gasteiger partial charge in [0.15, 0.2) is 0 Å². The number of nitrogens with zero attached hydrogens (tertiary/aromatic N) is 1. The Bertz CT molecular complexity index is 796. The van der Waals surface area contributed by atoms with Gasteiger partial charge in [-0.2, -0.15) is 13.2 Å². The maximum atomic E-state index is 12.6. The van der Waals surface area contributed by atoms with E-state index in [0.29, 0.717) is 30.0 Å². The molecule has 0 N–H and O–H groups in total. The maximum Gasteiger partial charge on any atom is 0.416 e. The van der Waals surface area contributed by atoms with Crippen LogP contribution in [0.25, 0.3) is 5.57 Å². The number of rotatable bonds is 3. The molecule has 0 spiro atoms. The Morgan fingerprint density at radius 2 is 1.72 bits per heavy atom. The molecule has 1 aliphatic heterocycles. The summed E-state index contributed by atoms with van der Waals surface area (Å²) >= 11 is 0. The van der Waals surface area contributed by atoms with Crippen LogP contribution in [0, 0.1) is 0 Å². The van der Waals surface area contributed by atoms with Gasteiger partial charge in [0, 0.05) is 6.54 Å². The number of benzene rings is 2. The first kappa shape index (κ1) is 17.1. The van der Waals surface area contributed by atoms with Crippen molar-refractivity contribution in [3.8, 4) is 0 Å². The zero-order valence-electron chi connectivity index (χ0n) is 13.5. The lowest BCUT2D eigenvalue weighted by Crippen LogP contribution is -2.23. The van der Waals surface area contributed by atoms with Crippen LogP contribution < -0.4 is 0 Å². The van der Waals surface area contributed by atoms with Crippen LogP contribution in [-0.4, -0.2) is 17.5 Å². The lowest BCUT2D eigenvalue weighted by atomic mass is 10.0. The van der Waals surface area contributed by atoms with E-state index < -0.39 is 17.8 Å². The van der Waals surface area contributed by atoms with Crippen LogP contribution in [0.3, 0.4) is 0 Å². The van der Waals surface area contributed by atoms with Crippen molar-refractivity contribution in [1.29, 1.82) is 0 Å². The van der Waals surface area contributed by atoms with Gasteiger partial charge in [-0.3, -0.25) is 4.90 Å². The van der Waals surface area contributed by atoms with Crippen molar-refractivity contribution in [1.82, 2.24) is 4.90 Å². The van der Waals surface area contributed by atoms with E-state index in [1.165, 1.54) is 12.1 Å². The van der Waals surface area contributed by atoms with Crippen molar-refractivity contribution < 1.29 is 22.7 Å². The molecule has 3 nitrogen and oxygen atoms in total. The Kier molecular flexibility index (Phi) is 4.53. The molecule has 2 aromatic rings. The third-order valence-corrected chi connectivity index (χ3v) is 4.08. The molecule has 0 aliphatic carbocycles. The lowest BCUT2D eigenvalue weighted by molar-refractivity contribution is -0.137. The van der Waals surface area contributed by atoms with Gasteiger partial charge < -0.3 is 4.74 Å². The Labute approximate surface area is 143 Å². The molecule has 0 aromatic heterocycles. The van der Waals surface area contributed by atoms with Crippen LogP contribution >= 0.6 is 0 Å². The first-order valence-corrected chi connectivity index (χ1v) is 7.72. The monoisotopic (exact) mass is 347 g/mol. The fourth-order valence-corrected chi connectivity index (χ4v) is 2.63. The summed E-state index contributed by atoms with van der Waals surface area (Å²) in [6, 6.07) is 14.3. The van der Waals surface area contributed by atoms with Crippen LogP contribution in [0.15, 0.2) is 60.4 Å². The third kappa shape index (κ3) is 3.84. The van der Waals surface area contributed by atoms with Gasteiger partial charge in [-0.05, 0) is 35.8 Å². The van der Waals surface area contributed by atoms with Gasteiger partial charge in [-0.25, -0.2) is 4.79 Å². The summed E-state index contributed by atoms with van der Waals surface area (Å²) in [4.78, 5) is 13.6. The molecule has 2 aromatic carbocycles. The molecule has 0 unspecified atom stereocenters. The van der Waals surface area contributed by atoms with Gasteiger partial charge in [0.05, 0.1) is 12.1 Å². The highest BCUT2D eigenvalue weighted by Gasteiger charge is 2.31. The second kappa shape index (κ2) is 6.63. The van der Waals surface area contributed by atoms with Crippen LogP contribution in [0.2, 0.25) is 0 Å². The van der Waals surface area contributed by atoms with Crippen molar-refractivity contribution in [3.05, 3.63) is 77.0 Å². The van der Waals surface area contributed by atoms with Gasteiger partial charge in [0.1, 0.15) is 5.76 Å². The average molecular weight is 347 g/mol. The Balaban J connectivity index is 1.77. The van der Waals surface area contributed by atoms with Crippen LogP contribution in [0.4, 0.5) is 18.0 Å². The first-order valence-electron chi connectivity index (χ1n) is 7.72. The largest absolute Gasteiger partial charge is 0.416 e. The summed E-state index contributed by atoms with van der Waals surface area (Å²) < 4.78 is 43.2. The van der Waals surface area contributed by atoms with E-state index in [9.17, 15) is 18.0 Å². The van der Waals surface area contributed by atoms with Gasteiger partial charge in [0.2, 0.25) is 0 Å². The number of hydrogen-bond donors (Lipinski definition) is 0. The fraction of sp³-hybridized carbons (Fsp3) is 0.211. The minimum atomic E-state index is -4.37. The van der Waals surface area contributed by atoms with E-state index in [2.05, 4.69) is 0 Å². The second-order valence-electron chi connectivity index (χ2n) is 5.83. The molecule has 0 saturated carbocycles. The summed E-state index contributed by atoms with van der Waals surface area (Å²) in [5, 5.41) is 0. The molecule has 0 atom stereocenters. The molecular formula is C19H16F3NO2. The lowest BCUT2D eigenvalue weighted by Gasteiger charge is -2.11. The number of allylic oxidation sites excluding steroid dienone is 1. The normalized spacial score (nSPS) is 16.8. The number of carbonyl (C=O) groups is 1. The summed E-state index contributed by atoms with van der Waals surface area (Å²) in [6.07, 6.45) is -4.82. The number of halogens is 3. The number of cyclic esters (lactones) is 1. The Hall–Kier alpha value is -2.76. The summed E-state index contributed by atoms with van der Waals surface area (Å²) in [5.41, 5.74) is 1.52. The summed E-state index contributed by atoms with van der Waals surface area (Å²) in [7, 11) is 0. The molecule has 25 heavy (non-hydrogen) atoms. The van der Waals surface area contributed by atoms with E-state index in [4.69, 9.17) is 4.74 Å². The zero-order chi connectivity index (χ0) is 18.0. The SMILES string of the molecule is C/C(=C1/CN(Cc2ccccc2)C(=O)O1)c1ccc(C(F)(F)F)cc1. The van der Waals surface area contributed by atoms with Crippen LogP contribution in [0.1, 0.15) is 23.6 Å². The standard InChI is InChI=1S/C19H16F3NO2/c1-13(15-7-9-16(10-8-15)19(20,21)22)17-12-23(18(24)25-17)11-14-5-3-2-4-6-14/h2-10H,11-12H2,1H3/b17-13+. The van der Waals surface area contributed by atoms with E-state index in [0.717, 1.165) is 17.7 Å². The number of ether oxygens (including phenoxy) is 1.